The Kier molecular flexibility index (Phi) is 3.50. The average Bonchev–Trinajstić information content (AvgIpc) is 2.78. The van der Waals surface area contributed by atoms with Crippen LogP contribution in [0.3, 0.4) is 0 Å². The SMILES string of the molecule is BrCCCN(c1ccn2nccc2n1)C1CCC1. The van der Waals surface area contributed by atoms with E-state index in [-0.39, 0.29) is 0 Å². The molecule has 4 nitrogen and oxygen atoms in total. The molecule has 2 aromatic rings. The van der Waals surface area contributed by atoms with Crippen LogP contribution in [-0.4, -0.2) is 32.5 Å². The van der Waals surface area contributed by atoms with Gasteiger partial charge in [-0.2, -0.15) is 5.10 Å². The molecule has 0 spiro atoms. The molecule has 1 fully saturated rings. The monoisotopic (exact) mass is 308 g/mol. The quantitative estimate of drug-likeness (QED) is 0.796. The molecule has 0 N–H and O–H groups in total. The summed E-state index contributed by atoms with van der Waals surface area (Å²) in [5.41, 5.74) is 0.927. The molecule has 1 saturated carbocycles. The van der Waals surface area contributed by atoms with Crippen LogP contribution in [0.1, 0.15) is 25.7 Å². The summed E-state index contributed by atoms with van der Waals surface area (Å²) >= 11 is 3.51. The minimum atomic E-state index is 0.682. The lowest BCUT2D eigenvalue weighted by molar-refractivity contribution is 0.384. The van der Waals surface area contributed by atoms with Crippen LogP contribution in [0.25, 0.3) is 5.65 Å². The van der Waals surface area contributed by atoms with E-state index in [2.05, 4.69) is 32.0 Å². The summed E-state index contributed by atoms with van der Waals surface area (Å²) in [6.07, 6.45) is 8.89. The number of fused-ring (bicyclic) bond motifs is 1. The van der Waals surface area contributed by atoms with Gasteiger partial charge in [-0.1, -0.05) is 15.9 Å². The van der Waals surface area contributed by atoms with E-state index in [9.17, 15) is 0 Å². The van der Waals surface area contributed by atoms with Crippen molar-refractivity contribution in [1.82, 2.24) is 14.6 Å². The normalized spacial score (nSPS) is 15.8. The zero-order valence-electron chi connectivity index (χ0n) is 10.3. The highest BCUT2D eigenvalue weighted by atomic mass is 79.9. The standard InChI is InChI=1S/C13H17BrN4/c14-7-2-9-17(11-3-1-4-11)12-6-10-18-13(16-12)5-8-15-18/h5-6,8,10-11H,1-4,7,9H2. The van der Waals surface area contributed by atoms with Crippen molar-refractivity contribution < 1.29 is 0 Å². The van der Waals surface area contributed by atoms with Gasteiger partial charge in [0.2, 0.25) is 0 Å². The number of aromatic nitrogens is 3. The van der Waals surface area contributed by atoms with Gasteiger partial charge in [0.1, 0.15) is 5.82 Å². The molecule has 0 saturated heterocycles. The highest BCUT2D eigenvalue weighted by Gasteiger charge is 2.25. The first-order chi connectivity index (χ1) is 8.88. The number of anilines is 1. The third-order valence-corrected chi connectivity index (χ3v) is 4.15. The van der Waals surface area contributed by atoms with E-state index in [1.54, 1.807) is 6.20 Å². The molecule has 0 unspecified atom stereocenters. The Bertz CT molecular complexity index is 520. The van der Waals surface area contributed by atoms with Gasteiger partial charge in [-0.3, -0.25) is 0 Å². The van der Waals surface area contributed by atoms with Gasteiger partial charge >= 0.3 is 0 Å². The highest BCUT2D eigenvalue weighted by molar-refractivity contribution is 9.09. The van der Waals surface area contributed by atoms with Gasteiger partial charge in [-0.25, -0.2) is 9.50 Å². The molecule has 18 heavy (non-hydrogen) atoms. The van der Waals surface area contributed by atoms with E-state index in [0.29, 0.717) is 6.04 Å². The van der Waals surface area contributed by atoms with Gasteiger partial charge in [-0.15, -0.1) is 0 Å². The van der Waals surface area contributed by atoms with Gasteiger partial charge in [-0.05, 0) is 31.7 Å². The maximum atomic E-state index is 4.70. The number of halogens is 1. The molecule has 5 heteroatoms. The number of alkyl halides is 1. The van der Waals surface area contributed by atoms with Crippen molar-refractivity contribution in [3.05, 3.63) is 24.5 Å². The summed E-state index contributed by atoms with van der Waals surface area (Å²) < 4.78 is 1.81. The fourth-order valence-corrected chi connectivity index (χ4v) is 2.63. The van der Waals surface area contributed by atoms with Gasteiger partial charge < -0.3 is 4.90 Å². The van der Waals surface area contributed by atoms with E-state index in [1.807, 2.05) is 16.8 Å². The molecule has 96 valence electrons. The van der Waals surface area contributed by atoms with Crippen molar-refractivity contribution in [1.29, 1.82) is 0 Å². The molecule has 3 rings (SSSR count). The molecular formula is C13H17BrN4. The van der Waals surface area contributed by atoms with Gasteiger partial charge in [0.05, 0.1) is 6.20 Å². The fraction of sp³-hybridized carbons (Fsp3) is 0.538. The first-order valence-corrected chi connectivity index (χ1v) is 7.63. The largest absolute Gasteiger partial charge is 0.353 e. The third kappa shape index (κ3) is 2.23. The molecule has 0 aliphatic heterocycles. The summed E-state index contributed by atoms with van der Waals surface area (Å²) in [5.74, 6) is 1.09. The van der Waals surface area contributed by atoms with Crippen molar-refractivity contribution in [3.8, 4) is 0 Å². The molecule has 0 amide bonds. The van der Waals surface area contributed by atoms with Crippen molar-refractivity contribution in [2.75, 3.05) is 16.8 Å². The van der Waals surface area contributed by atoms with Gasteiger partial charge in [0, 0.05) is 30.2 Å². The minimum Gasteiger partial charge on any atom is -0.353 e. The van der Waals surface area contributed by atoms with E-state index >= 15 is 0 Å². The predicted molar refractivity (Wildman–Crippen MR) is 76.4 cm³/mol. The molecule has 2 heterocycles. The molecule has 0 bridgehead atoms. The zero-order valence-corrected chi connectivity index (χ0v) is 11.9. The van der Waals surface area contributed by atoms with E-state index < -0.39 is 0 Å². The van der Waals surface area contributed by atoms with Gasteiger partial charge in [0.25, 0.3) is 0 Å². The second kappa shape index (κ2) is 5.26. The first kappa shape index (κ1) is 12.0. The highest BCUT2D eigenvalue weighted by Crippen LogP contribution is 2.28. The smallest absolute Gasteiger partial charge is 0.157 e. The molecule has 0 aromatic carbocycles. The topological polar surface area (TPSA) is 33.4 Å². The van der Waals surface area contributed by atoms with Crippen LogP contribution in [0.15, 0.2) is 24.5 Å². The van der Waals surface area contributed by atoms with E-state index in [0.717, 1.165) is 29.8 Å². The molecular weight excluding hydrogens is 292 g/mol. The number of hydrogen-bond acceptors (Lipinski definition) is 3. The predicted octanol–water partition coefficient (Wildman–Crippen LogP) is 2.87. The maximum Gasteiger partial charge on any atom is 0.157 e. The molecule has 1 aliphatic rings. The van der Waals surface area contributed by atoms with Crippen molar-refractivity contribution in [3.63, 3.8) is 0 Å². The van der Waals surface area contributed by atoms with Crippen LogP contribution < -0.4 is 4.90 Å². The minimum absolute atomic E-state index is 0.682. The lowest BCUT2D eigenvalue weighted by Gasteiger charge is -2.38. The number of nitrogens with zero attached hydrogens (tertiary/aromatic N) is 4. The summed E-state index contributed by atoms with van der Waals surface area (Å²) in [5, 5.41) is 5.24. The number of rotatable bonds is 5. The lowest BCUT2D eigenvalue weighted by atomic mass is 9.91. The van der Waals surface area contributed by atoms with Crippen LogP contribution in [0.5, 0.6) is 0 Å². The third-order valence-electron chi connectivity index (χ3n) is 3.59. The Morgan fingerprint density at radius 2 is 2.28 bits per heavy atom. The lowest BCUT2D eigenvalue weighted by Crippen LogP contribution is -2.41. The van der Waals surface area contributed by atoms with E-state index in [4.69, 9.17) is 4.98 Å². The first-order valence-electron chi connectivity index (χ1n) is 6.51. The van der Waals surface area contributed by atoms with Crippen LogP contribution in [0, 0.1) is 0 Å². The Balaban J connectivity index is 1.86. The maximum absolute atomic E-state index is 4.70. The average molecular weight is 309 g/mol. The second-order valence-corrected chi connectivity index (χ2v) is 5.53. The Labute approximate surface area is 115 Å². The molecule has 0 atom stereocenters. The molecule has 1 aliphatic carbocycles. The van der Waals surface area contributed by atoms with Crippen LogP contribution in [0.4, 0.5) is 5.82 Å². The van der Waals surface area contributed by atoms with Crippen molar-refractivity contribution >= 4 is 27.4 Å². The fourth-order valence-electron chi connectivity index (χ4n) is 2.38. The van der Waals surface area contributed by atoms with E-state index in [1.165, 1.54) is 19.3 Å². The molecule has 0 radical (unpaired) electrons. The summed E-state index contributed by atoms with van der Waals surface area (Å²) in [6.45, 7) is 1.08. The summed E-state index contributed by atoms with van der Waals surface area (Å²) in [7, 11) is 0. The Morgan fingerprint density at radius 1 is 1.39 bits per heavy atom. The van der Waals surface area contributed by atoms with Gasteiger partial charge in [0.15, 0.2) is 5.65 Å². The Morgan fingerprint density at radius 3 is 3.00 bits per heavy atom. The van der Waals surface area contributed by atoms with Crippen LogP contribution >= 0.6 is 15.9 Å². The Hall–Kier alpha value is -1.10. The number of hydrogen-bond donors (Lipinski definition) is 0. The van der Waals surface area contributed by atoms with Crippen LogP contribution in [-0.2, 0) is 0 Å². The summed E-state index contributed by atoms with van der Waals surface area (Å²) in [4.78, 5) is 7.16. The summed E-state index contributed by atoms with van der Waals surface area (Å²) in [6, 6.07) is 4.71. The van der Waals surface area contributed by atoms with Crippen molar-refractivity contribution in [2.24, 2.45) is 0 Å². The van der Waals surface area contributed by atoms with Crippen molar-refractivity contribution in [2.45, 2.75) is 31.7 Å². The molecule has 2 aromatic heterocycles. The second-order valence-electron chi connectivity index (χ2n) is 4.74. The zero-order chi connectivity index (χ0) is 12.4. The van der Waals surface area contributed by atoms with Crippen LogP contribution in [0.2, 0.25) is 0 Å².